The Kier molecular flexibility index (Phi) is 4.83. The van der Waals surface area contributed by atoms with E-state index >= 15 is 0 Å². The van der Waals surface area contributed by atoms with Gasteiger partial charge in [-0.15, -0.1) is 0 Å². The minimum Gasteiger partial charge on any atom is -0.316 e. The van der Waals surface area contributed by atoms with Gasteiger partial charge in [-0.05, 0) is 43.5 Å². The topological polar surface area (TPSA) is 49.4 Å². The third-order valence-electron chi connectivity index (χ3n) is 3.39. The second-order valence-electron chi connectivity index (χ2n) is 5.88. The van der Waals surface area contributed by atoms with Gasteiger partial charge in [0.2, 0.25) is 10.0 Å². The second-order valence-corrected chi connectivity index (χ2v) is 7.77. The molecule has 0 heterocycles. The van der Waals surface area contributed by atoms with Crippen molar-refractivity contribution < 1.29 is 8.42 Å². The van der Waals surface area contributed by atoms with Gasteiger partial charge < -0.3 is 5.32 Å². The van der Waals surface area contributed by atoms with Gasteiger partial charge >= 0.3 is 0 Å². The first-order chi connectivity index (χ1) is 9.45. The molecule has 0 saturated heterocycles. The molecule has 1 aromatic rings. The van der Waals surface area contributed by atoms with Gasteiger partial charge in [0.1, 0.15) is 0 Å². The van der Waals surface area contributed by atoms with Gasteiger partial charge in [0.25, 0.3) is 0 Å². The van der Waals surface area contributed by atoms with E-state index in [9.17, 15) is 8.42 Å². The van der Waals surface area contributed by atoms with E-state index in [4.69, 9.17) is 0 Å². The lowest BCUT2D eigenvalue weighted by atomic mass is 10.2. The SMILES string of the molecule is CNCc1cccc(S(=O)(=O)N(CC(C)C)C2CC2)c1. The van der Waals surface area contributed by atoms with Crippen LogP contribution in [0, 0.1) is 5.92 Å². The van der Waals surface area contributed by atoms with Crippen molar-refractivity contribution in [3.05, 3.63) is 29.8 Å². The van der Waals surface area contributed by atoms with Crippen LogP contribution < -0.4 is 5.32 Å². The van der Waals surface area contributed by atoms with Gasteiger partial charge in [-0.1, -0.05) is 26.0 Å². The number of hydrogen-bond acceptors (Lipinski definition) is 3. The van der Waals surface area contributed by atoms with E-state index in [1.54, 1.807) is 16.4 Å². The van der Waals surface area contributed by atoms with Gasteiger partial charge in [-0.25, -0.2) is 8.42 Å². The van der Waals surface area contributed by atoms with Crippen LogP contribution >= 0.6 is 0 Å². The van der Waals surface area contributed by atoms with E-state index in [0.717, 1.165) is 18.4 Å². The zero-order chi connectivity index (χ0) is 14.8. The highest BCUT2D eigenvalue weighted by Crippen LogP contribution is 2.32. The lowest BCUT2D eigenvalue weighted by Gasteiger charge is -2.24. The Morgan fingerprint density at radius 3 is 2.60 bits per heavy atom. The molecule has 0 unspecified atom stereocenters. The van der Waals surface area contributed by atoms with Crippen LogP contribution in [0.3, 0.4) is 0 Å². The molecular formula is C15H24N2O2S. The maximum absolute atomic E-state index is 12.8. The van der Waals surface area contributed by atoms with Crippen LogP contribution in [0.15, 0.2) is 29.2 Å². The first kappa shape index (κ1) is 15.5. The normalized spacial score (nSPS) is 16.1. The number of sulfonamides is 1. The van der Waals surface area contributed by atoms with Gasteiger partial charge in [0, 0.05) is 19.1 Å². The van der Waals surface area contributed by atoms with Crippen molar-refractivity contribution in [1.29, 1.82) is 0 Å². The molecule has 5 heteroatoms. The minimum atomic E-state index is -3.37. The molecule has 0 amide bonds. The molecule has 0 aromatic heterocycles. The summed E-state index contributed by atoms with van der Waals surface area (Å²) in [6.07, 6.45) is 1.98. The average molecular weight is 296 g/mol. The lowest BCUT2D eigenvalue weighted by Crippen LogP contribution is -2.36. The Morgan fingerprint density at radius 2 is 2.05 bits per heavy atom. The lowest BCUT2D eigenvalue weighted by molar-refractivity contribution is 0.360. The maximum Gasteiger partial charge on any atom is 0.243 e. The van der Waals surface area contributed by atoms with Crippen molar-refractivity contribution in [2.24, 2.45) is 5.92 Å². The van der Waals surface area contributed by atoms with Crippen LogP contribution in [-0.2, 0) is 16.6 Å². The minimum absolute atomic E-state index is 0.204. The predicted molar refractivity (Wildman–Crippen MR) is 81.0 cm³/mol. The molecule has 1 aliphatic rings. The van der Waals surface area contributed by atoms with Gasteiger partial charge in [0.15, 0.2) is 0 Å². The van der Waals surface area contributed by atoms with Gasteiger partial charge in [-0.2, -0.15) is 4.31 Å². The zero-order valence-corrected chi connectivity index (χ0v) is 13.3. The third-order valence-corrected chi connectivity index (χ3v) is 5.30. The van der Waals surface area contributed by atoms with E-state index in [1.807, 2.05) is 19.2 Å². The Labute approximate surface area is 122 Å². The number of nitrogens with zero attached hydrogens (tertiary/aromatic N) is 1. The molecule has 1 fully saturated rings. The molecule has 2 rings (SSSR count). The average Bonchev–Trinajstić information content (AvgIpc) is 3.20. The highest BCUT2D eigenvalue weighted by atomic mass is 32.2. The summed E-state index contributed by atoms with van der Waals surface area (Å²) >= 11 is 0. The summed E-state index contributed by atoms with van der Waals surface area (Å²) in [5, 5.41) is 3.05. The van der Waals surface area contributed by atoms with E-state index in [-0.39, 0.29) is 6.04 Å². The molecule has 20 heavy (non-hydrogen) atoms. The van der Waals surface area contributed by atoms with Crippen LogP contribution in [0.25, 0.3) is 0 Å². The summed E-state index contributed by atoms with van der Waals surface area (Å²) in [5.74, 6) is 0.339. The summed E-state index contributed by atoms with van der Waals surface area (Å²) < 4.78 is 27.3. The standard InChI is InChI=1S/C15H24N2O2S/c1-12(2)11-17(14-7-8-14)20(18,19)15-6-4-5-13(9-15)10-16-3/h4-6,9,12,14,16H,7-8,10-11H2,1-3H3. The first-order valence-electron chi connectivity index (χ1n) is 7.20. The van der Waals surface area contributed by atoms with Crippen LogP contribution in [-0.4, -0.2) is 32.4 Å². The third kappa shape index (κ3) is 3.59. The van der Waals surface area contributed by atoms with Crippen molar-refractivity contribution >= 4 is 10.0 Å². The fraction of sp³-hybridized carbons (Fsp3) is 0.600. The summed E-state index contributed by atoms with van der Waals surface area (Å²) in [4.78, 5) is 0.415. The van der Waals surface area contributed by atoms with Crippen LogP contribution in [0.5, 0.6) is 0 Å². The van der Waals surface area contributed by atoms with E-state index in [1.165, 1.54) is 0 Å². The van der Waals surface area contributed by atoms with Crippen molar-refractivity contribution in [2.75, 3.05) is 13.6 Å². The molecule has 1 N–H and O–H groups in total. The Balaban J connectivity index is 2.29. The number of benzene rings is 1. The molecule has 1 aromatic carbocycles. The fourth-order valence-electron chi connectivity index (χ4n) is 2.32. The quantitative estimate of drug-likeness (QED) is 0.839. The summed E-state index contributed by atoms with van der Waals surface area (Å²) in [6, 6.07) is 7.45. The van der Waals surface area contributed by atoms with Crippen molar-refractivity contribution in [2.45, 2.75) is 44.2 Å². The van der Waals surface area contributed by atoms with Crippen molar-refractivity contribution in [3.63, 3.8) is 0 Å². The number of rotatable bonds is 7. The number of nitrogens with one attached hydrogen (secondary N) is 1. The molecule has 0 bridgehead atoms. The monoisotopic (exact) mass is 296 g/mol. The first-order valence-corrected chi connectivity index (χ1v) is 8.64. The molecule has 0 aliphatic heterocycles. The molecule has 1 saturated carbocycles. The van der Waals surface area contributed by atoms with Crippen molar-refractivity contribution in [3.8, 4) is 0 Å². The molecule has 0 atom stereocenters. The summed E-state index contributed by atoms with van der Waals surface area (Å²) in [5.41, 5.74) is 0.994. The van der Waals surface area contributed by atoms with E-state index < -0.39 is 10.0 Å². The predicted octanol–water partition coefficient (Wildman–Crippen LogP) is 2.22. The largest absolute Gasteiger partial charge is 0.316 e. The van der Waals surface area contributed by atoms with E-state index in [2.05, 4.69) is 19.2 Å². The highest BCUT2D eigenvalue weighted by Gasteiger charge is 2.38. The summed E-state index contributed by atoms with van der Waals surface area (Å²) in [7, 11) is -1.51. The van der Waals surface area contributed by atoms with Gasteiger partial charge in [0.05, 0.1) is 4.90 Å². The summed E-state index contributed by atoms with van der Waals surface area (Å²) in [6.45, 7) is 5.39. The Morgan fingerprint density at radius 1 is 1.35 bits per heavy atom. The van der Waals surface area contributed by atoms with Gasteiger partial charge in [-0.3, -0.25) is 0 Å². The molecule has 1 aliphatic carbocycles. The van der Waals surface area contributed by atoms with E-state index in [0.29, 0.717) is 23.9 Å². The zero-order valence-electron chi connectivity index (χ0n) is 12.5. The molecule has 0 radical (unpaired) electrons. The van der Waals surface area contributed by atoms with Crippen LogP contribution in [0.2, 0.25) is 0 Å². The molecular weight excluding hydrogens is 272 g/mol. The van der Waals surface area contributed by atoms with Crippen molar-refractivity contribution in [1.82, 2.24) is 9.62 Å². The Hall–Kier alpha value is -0.910. The maximum atomic E-state index is 12.8. The highest BCUT2D eigenvalue weighted by molar-refractivity contribution is 7.89. The Bertz CT molecular complexity index is 551. The number of hydrogen-bond donors (Lipinski definition) is 1. The molecule has 4 nitrogen and oxygen atoms in total. The van der Waals surface area contributed by atoms with Crippen LogP contribution in [0.4, 0.5) is 0 Å². The molecule has 112 valence electrons. The smallest absolute Gasteiger partial charge is 0.243 e. The second kappa shape index (κ2) is 6.24. The molecule has 0 spiro atoms. The fourth-order valence-corrected chi connectivity index (χ4v) is 4.24. The van der Waals surface area contributed by atoms with Crippen LogP contribution in [0.1, 0.15) is 32.3 Å².